The molecule has 27 heavy (non-hydrogen) atoms. The third kappa shape index (κ3) is 4.30. The number of halogens is 5. The monoisotopic (exact) mass is 384 g/mol. The lowest BCUT2D eigenvalue weighted by Gasteiger charge is -2.09. The van der Waals surface area contributed by atoms with E-state index in [4.69, 9.17) is 4.42 Å². The number of aliphatic hydroxyl groups is 1. The number of hydrogen-bond donors (Lipinski definition) is 1. The first kappa shape index (κ1) is 19.0. The highest BCUT2D eigenvalue weighted by Crippen LogP contribution is 2.31. The van der Waals surface area contributed by atoms with Crippen LogP contribution in [0.2, 0.25) is 0 Å². The van der Waals surface area contributed by atoms with Crippen LogP contribution < -0.4 is 0 Å². The number of hydrogen-bond acceptors (Lipinski definition) is 4. The Labute approximate surface area is 150 Å². The second kappa shape index (κ2) is 7.43. The van der Waals surface area contributed by atoms with Crippen LogP contribution in [-0.2, 0) is 12.6 Å². The molecule has 3 rings (SSSR count). The van der Waals surface area contributed by atoms with Gasteiger partial charge in [-0.25, -0.2) is 8.78 Å². The molecule has 0 amide bonds. The number of benzene rings is 2. The summed E-state index contributed by atoms with van der Waals surface area (Å²) in [6.07, 6.45) is -9.40. The number of nitrogens with zero attached hydrogens (tertiary/aromatic N) is 2. The zero-order valence-electron chi connectivity index (χ0n) is 13.6. The Hall–Kier alpha value is -2.81. The van der Waals surface area contributed by atoms with Gasteiger partial charge in [-0.15, -0.1) is 10.2 Å². The highest BCUT2D eigenvalue weighted by molar-refractivity contribution is 5.59. The zero-order chi connectivity index (χ0) is 19.6. The molecule has 1 atom stereocenters. The fourth-order valence-corrected chi connectivity index (χ4v) is 2.49. The summed E-state index contributed by atoms with van der Waals surface area (Å²) in [5.41, 5.74) is 0.960. The van der Waals surface area contributed by atoms with Crippen molar-refractivity contribution in [1.82, 2.24) is 10.2 Å². The highest BCUT2D eigenvalue weighted by Gasteiger charge is 2.30. The molecule has 0 fully saturated rings. The molecule has 0 saturated carbocycles. The van der Waals surface area contributed by atoms with Crippen molar-refractivity contribution in [3.63, 3.8) is 0 Å². The van der Waals surface area contributed by atoms with Crippen molar-refractivity contribution in [3.8, 4) is 11.5 Å². The van der Waals surface area contributed by atoms with Gasteiger partial charge in [0.1, 0.15) is 0 Å². The van der Waals surface area contributed by atoms with E-state index >= 15 is 0 Å². The Morgan fingerprint density at radius 2 is 1.63 bits per heavy atom. The fraction of sp³-hybridized carbons (Fsp3) is 0.222. The summed E-state index contributed by atoms with van der Waals surface area (Å²) in [4.78, 5) is 0. The van der Waals surface area contributed by atoms with Gasteiger partial charge in [0.25, 0.3) is 12.3 Å². The molecule has 3 aromatic rings. The maximum absolute atomic E-state index is 12.7. The van der Waals surface area contributed by atoms with Crippen LogP contribution in [-0.4, -0.2) is 21.7 Å². The zero-order valence-corrected chi connectivity index (χ0v) is 13.6. The lowest BCUT2D eigenvalue weighted by atomic mass is 9.99. The number of rotatable bonds is 5. The third-order valence-corrected chi connectivity index (χ3v) is 3.86. The molecule has 9 heteroatoms. The van der Waals surface area contributed by atoms with Gasteiger partial charge in [0, 0.05) is 5.56 Å². The van der Waals surface area contributed by atoms with Crippen LogP contribution in [0.5, 0.6) is 0 Å². The Balaban J connectivity index is 1.87. The molecule has 2 aromatic carbocycles. The van der Waals surface area contributed by atoms with E-state index in [1.165, 1.54) is 12.1 Å². The van der Waals surface area contributed by atoms with Gasteiger partial charge in [0.05, 0.1) is 5.56 Å². The maximum atomic E-state index is 12.7. The molecular formula is C18H13F5N2O2. The van der Waals surface area contributed by atoms with Crippen LogP contribution in [0.3, 0.4) is 0 Å². The van der Waals surface area contributed by atoms with Gasteiger partial charge < -0.3 is 9.52 Å². The van der Waals surface area contributed by atoms with E-state index in [9.17, 15) is 27.1 Å². The van der Waals surface area contributed by atoms with Gasteiger partial charge in [-0.3, -0.25) is 0 Å². The smallest absolute Gasteiger partial charge is 0.416 e. The summed E-state index contributed by atoms with van der Waals surface area (Å²) in [6.45, 7) is 0. The minimum atomic E-state index is -4.41. The van der Waals surface area contributed by atoms with Crippen LogP contribution in [0.4, 0.5) is 22.0 Å². The van der Waals surface area contributed by atoms with Gasteiger partial charge in [0.15, 0.2) is 6.10 Å². The normalized spacial score (nSPS) is 13.1. The first-order chi connectivity index (χ1) is 12.8. The van der Waals surface area contributed by atoms with Gasteiger partial charge >= 0.3 is 6.18 Å². The molecule has 0 aliphatic heterocycles. The van der Waals surface area contributed by atoms with E-state index in [-0.39, 0.29) is 12.3 Å². The van der Waals surface area contributed by atoms with Crippen molar-refractivity contribution in [3.05, 3.63) is 71.1 Å². The highest BCUT2D eigenvalue weighted by atomic mass is 19.4. The average molecular weight is 384 g/mol. The van der Waals surface area contributed by atoms with Crippen molar-refractivity contribution < 1.29 is 31.5 Å². The molecule has 1 N–H and O–H groups in total. The van der Waals surface area contributed by atoms with Crippen molar-refractivity contribution in [1.29, 1.82) is 0 Å². The summed E-state index contributed by atoms with van der Waals surface area (Å²) in [6, 6.07) is 11.4. The minimum Gasteiger partial charge on any atom is -0.418 e. The second-order valence-corrected chi connectivity index (χ2v) is 5.75. The molecule has 1 heterocycles. The molecule has 142 valence electrons. The predicted molar refractivity (Wildman–Crippen MR) is 84.9 cm³/mol. The molecule has 1 aromatic heterocycles. The summed E-state index contributed by atoms with van der Waals surface area (Å²) in [5.74, 6) is -0.670. The molecular weight excluding hydrogens is 371 g/mol. The Morgan fingerprint density at radius 3 is 2.26 bits per heavy atom. The van der Waals surface area contributed by atoms with Gasteiger partial charge in [0.2, 0.25) is 5.89 Å². The lowest BCUT2D eigenvalue weighted by Crippen LogP contribution is -2.08. The largest absolute Gasteiger partial charge is 0.418 e. The van der Waals surface area contributed by atoms with Crippen LogP contribution in [0, 0.1) is 0 Å². The van der Waals surface area contributed by atoms with Crippen LogP contribution >= 0.6 is 0 Å². The topological polar surface area (TPSA) is 59.2 Å². The van der Waals surface area contributed by atoms with E-state index in [1.807, 2.05) is 0 Å². The maximum Gasteiger partial charge on any atom is 0.416 e. The van der Waals surface area contributed by atoms with E-state index in [2.05, 4.69) is 10.2 Å². The van der Waals surface area contributed by atoms with Crippen LogP contribution in [0.25, 0.3) is 11.5 Å². The lowest BCUT2D eigenvalue weighted by molar-refractivity contribution is -0.137. The van der Waals surface area contributed by atoms with Gasteiger partial charge in [-0.05, 0) is 35.7 Å². The van der Waals surface area contributed by atoms with Crippen molar-refractivity contribution >= 4 is 0 Å². The minimum absolute atomic E-state index is 0.0628. The SMILES string of the molecule is OC(c1nnc(-c2ccccc2Cc2ccc(C(F)(F)F)cc2)o1)C(F)F. The number of alkyl halides is 5. The standard InChI is InChI=1S/C18H13F5N2O2/c19-15(20)14(26)17-25-24-16(27-17)13-4-2-1-3-11(13)9-10-5-7-12(8-6-10)18(21,22)23/h1-8,14-15,26H,9H2. The van der Waals surface area contributed by atoms with Crippen LogP contribution in [0.15, 0.2) is 52.9 Å². The number of aliphatic hydroxyl groups excluding tert-OH is 1. The van der Waals surface area contributed by atoms with E-state index in [0.717, 1.165) is 12.1 Å². The first-order valence-electron chi connectivity index (χ1n) is 7.79. The van der Waals surface area contributed by atoms with Crippen molar-refractivity contribution in [2.75, 3.05) is 0 Å². The van der Waals surface area contributed by atoms with E-state index < -0.39 is 30.2 Å². The van der Waals surface area contributed by atoms with Crippen molar-refractivity contribution in [2.24, 2.45) is 0 Å². The molecule has 0 spiro atoms. The van der Waals surface area contributed by atoms with Gasteiger partial charge in [-0.2, -0.15) is 13.2 Å². The molecule has 0 aliphatic carbocycles. The average Bonchev–Trinajstić information content (AvgIpc) is 3.11. The summed E-state index contributed by atoms with van der Waals surface area (Å²) in [7, 11) is 0. The Kier molecular flexibility index (Phi) is 5.22. The summed E-state index contributed by atoms with van der Waals surface area (Å²) in [5, 5.41) is 16.4. The van der Waals surface area contributed by atoms with Gasteiger partial charge in [-0.1, -0.05) is 30.3 Å². The molecule has 4 nitrogen and oxygen atoms in total. The molecule has 1 unspecified atom stereocenters. The summed E-state index contributed by atoms with van der Waals surface area (Å²) >= 11 is 0. The molecule has 0 bridgehead atoms. The predicted octanol–water partition coefficient (Wildman–Crippen LogP) is 4.64. The molecule has 0 saturated heterocycles. The molecule has 0 aliphatic rings. The fourth-order valence-electron chi connectivity index (χ4n) is 2.49. The molecule has 0 radical (unpaired) electrons. The second-order valence-electron chi connectivity index (χ2n) is 5.75. The van der Waals surface area contributed by atoms with Crippen LogP contribution in [0.1, 0.15) is 28.7 Å². The number of aromatic nitrogens is 2. The van der Waals surface area contributed by atoms with Crippen molar-refractivity contribution in [2.45, 2.75) is 25.1 Å². The Morgan fingerprint density at radius 1 is 0.963 bits per heavy atom. The van der Waals surface area contributed by atoms with E-state index in [1.54, 1.807) is 24.3 Å². The third-order valence-electron chi connectivity index (χ3n) is 3.86. The first-order valence-corrected chi connectivity index (χ1v) is 7.79. The van der Waals surface area contributed by atoms with E-state index in [0.29, 0.717) is 16.7 Å². The summed E-state index contributed by atoms with van der Waals surface area (Å²) < 4.78 is 68.2. The Bertz CT molecular complexity index is 907. The quantitative estimate of drug-likeness (QED) is 0.651.